The highest BCUT2D eigenvalue weighted by Crippen LogP contribution is 2.11. The van der Waals surface area contributed by atoms with E-state index in [9.17, 15) is 9.59 Å². The highest BCUT2D eigenvalue weighted by Gasteiger charge is 2.10. The van der Waals surface area contributed by atoms with Crippen LogP contribution in [-0.4, -0.2) is 22.2 Å². The number of hydrogen-bond acceptors (Lipinski definition) is 3. The number of carbonyl (C=O) groups is 2. The van der Waals surface area contributed by atoms with E-state index in [2.05, 4.69) is 0 Å². The van der Waals surface area contributed by atoms with E-state index in [0.717, 1.165) is 6.07 Å². The summed E-state index contributed by atoms with van der Waals surface area (Å²) in [5.41, 5.74) is 0.134. The first-order valence-corrected chi connectivity index (χ1v) is 4.02. The van der Waals surface area contributed by atoms with Gasteiger partial charge in [-0.25, -0.2) is 9.59 Å². The Kier molecular flexibility index (Phi) is 3.03. The zero-order valence-electron chi connectivity index (χ0n) is 7.60. The normalized spacial score (nSPS) is 9.27. The summed E-state index contributed by atoms with van der Waals surface area (Å²) in [4.78, 5) is 21.3. The number of carboxylic acids is 2. The molecule has 2 N–H and O–H groups in total. The van der Waals surface area contributed by atoms with Gasteiger partial charge >= 0.3 is 11.9 Å². The van der Waals surface area contributed by atoms with Gasteiger partial charge in [-0.05, 0) is 23.8 Å². The summed E-state index contributed by atoms with van der Waals surface area (Å²) < 4.78 is 0. The van der Waals surface area contributed by atoms with Crippen molar-refractivity contribution in [1.29, 1.82) is 5.26 Å². The monoisotopic (exact) mass is 205 g/mol. The maximum atomic E-state index is 10.7. The fourth-order valence-corrected chi connectivity index (χ4v) is 1.13. The number of benzene rings is 1. The van der Waals surface area contributed by atoms with Gasteiger partial charge in [-0.15, -0.1) is 0 Å². The molecule has 5 nitrogen and oxygen atoms in total. The average molecular weight is 205 g/mol. The molecule has 0 aromatic heterocycles. The van der Waals surface area contributed by atoms with Gasteiger partial charge in [-0.2, -0.15) is 5.26 Å². The first kappa shape index (κ1) is 10.7. The molecular formula is C10H7NO4. The molecule has 1 rings (SSSR count). The van der Waals surface area contributed by atoms with Crippen molar-refractivity contribution in [3.8, 4) is 6.07 Å². The number of nitriles is 1. The Morgan fingerprint density at radius 1 is 1.13 bits per heavy atom. The van der Waals surface area contributed by atoms with E-state index in [1.165, 1.54) is 12.1 Å². The van der Waals surface area contributed by atoms with Gasteiger partial charge in [0.25, 0.3) is 0 Å². The van der Waals surface area contributed by atoms with Crippen molar-refractivity contribution in [3.05, 3.63) is 34.9 Å². The standard InChI is InChI=1S/C10H7NO4/c11-2-1-6-3-7(9(12)13)5-8(4-6)10(14)15/h3-5H,1H2,(H,12,13)(H,14,15). The third kappa shape index (κ3) is 2.54. The molecule has 5 heteroatoms. The Morgan fingerprint density at radius 2 is 1.60 bits per heavy atom. The zero-order valence-corrected chi connectivity index (χ0v) is 7.60. The molecule has 0 heterocycles. The number of aromatic carboxylic acids is 2. The second-order valence-corrected chi connectivity index (χ2v) is 2.86. The second kappa shape index (κ2) is 4.24. The lowest BCUT2D eigenvalue weighted by Gasteiger charge is -2.01. The maximum absolute atomic E-state index is 10.7. The van der Waals surface area contributed by atoms with Crippen LogP contribution in [0.1, 0.15) is 26.3 Å². The van der Waals surface area contributed by atoms with Crippen molar-refractivity contribution in [2.75, 3.05) is 0 Å². The van der Waals surface area contributed by atoms with Crippen molar-refractivity contribution in [2.45, 2.75) is 6.42 Å². The van der Waals surface area contributed by atoms with Crippen LogP contribution in [0, 0.1) is 11.3 Å². The molecule has 76 valence electrons. The molecule has 0 aliphatic carbocycles. The molecule has 1 aromatic carbocycles. The summed E-state index contributed by atoms with van der Waals surface area (Å²) in [6.07, 6.45) is -0.0125. The lowest BCUT2D eigenvalue weighted by atomic mass is 10.0. The van der Waals surface area contributed by atoms with Gasteiger partial charge in [0, 0.05) is 0 Å². The van der Waals surface area contributed by atoms with E-state index in [-0.39, 0.29) is 17.5 Å². The van der Waals surface area contributed by atoms with E-state index >= 15 is 0 Å². The minimum atomic E-state index is -1.21. The van der Waals surface area contributed by atoms with Crippen LogP contribution in [0.2, 0.25) is 0 Å². The van der Waals surface area contributed by atoms with Gasteiger partial charge in [0.15, 0.2) is 0 Å². The first-order valence-electron chi connectivity index (χ1n) is 4.02. The Balaban J connectivity index is 3.27. The third-order valence-corrected chi connectivity index (χ3v) is 1.77. The van der Waals surface area contributed by atoms with Gasteiger partial charge in [0.1, 0.15) is 0 Å². The number of nitrogens with zero attached hydrogens (tertiary/aromatic N) is 1. The fourth-order valence-electron chi connectivity index (χ4n) is 1.13. The Bertz CT molecular complexity index is 427. The molecule has 0 saturated carbocycles. The Labute approximate surface area is 85.2 Å². The van der Waals surface area contributed by atoms with Crippen LogP contribution in [0.3, 0.4) is 0 Å². The SMILES string of the molecule is N#CCc1cc(C(=O)O)cc(C(=O)O)c1. The predicted molar refractivity (Wildman–Crippen MR) is 49.7 cm³/mol. The molecule has 0 aliphatic rings. The van der Waals surface area contributed by atoms with E-state index < -0.39 is 11.9 Å². The minimum absolute atomic E-state index is 0.0125. The van der Waals surface area contributed by atoms with E-state index in [1.54, 1.807) is 0 Å². The number of hydrogen-bond donors (Lipinski definition) is 2. The predicted octanol–water partition coefficient (Wildman–Crippen LogP) is 1.15. The summed E-state index contributed by atoms with van der Waals surface area (Å²) >= 11 is 0. The Morgan fingerprint density at radius 3 is 1.93 bits per heavy atom. The van der Waals surface area contributed by atoms with Crippen LogP contribution in [0.4, 0.5) is 0 Å². The molecule has 0 unspecified atom stereocenters. The molecule has 0 atom stereocenters. The molecule has 15 heavy (non-hydrogen) atoms. The summed E-state index contributed by atoms with van der Waals surface area (Å²) in [5, 5.41) is 25.8. The largest absolute Gasteiger partial charge is 0.478 e. The van der Waals surface area contributed by atoms with E-state index in [0.29, 0.717) is 5.56 Å². The summed E-state index contributed by atoms with van der Waals surface area (Å²) in [6, 6.07) is 5.47. The smallest absolute Gasteiger partial charge is 0.335 e. The highest BCUT2D eigenvalue weighted by atomic mass is 16.4. The quantitative estimate of drug-likeness (QED) is 0.771. The molecule has 0 amide bonds. The fraction of sp³-hybridized carbons (Fsp3) is 0.100. The summed E-state index contributed by atoms with van der Waals surface area (Å²) in [7, 11) is 0. The molecule has 0 radical (unpaired) electrons. The molecule has 1 aromatic rings. The van der Waals surface area contributed by atoms with E-state index in [4.69, 9.17) is 15.5 Å². The molecule has 0 saturated heterocycles. The topological polar surface area (TPSA) is 98.4 Å². The average Bonchev–Trinajstić information content (AvgIpc) is 2.17. The van der Waals surface area contributed by atoms with Crippen LogP contribution in [-0.2, 0) is 6.42 Å². The van der Waals surface area contributed by atoms with Crippen molar-refractivity contribution in [1.82, 2.24) is 0 Å². The lowest BCUT2D eigenvalue weighted by molar-refractivity contribution is 0.0696. The zero-order chi connectivity index (χ0) is 11.4. The molecule has 0 spiro atoms. The van der Waals surface area contributed by atoms with Crippen LogP contribution in [0.15, 0.2) is 18.2 Å². The minimum Gasteiger partial charge on any atom is -0.478 e. The van der Waals surface area contributed by atoms with Crippen molar-refractivity contribution in [2.24, 2.45) is 0 Å². The summed E-state index contributed by atoms with van der Waals surface area (Å²) in [6.45, 7) is 0. The van der Waals surface area contributed by atoms with Crippen LogP contribution < -0.4 is 0 Å². The van der Waals surface area contributed by atoms with Crippen molar-refractivity contribution < 1.29 is 19.8 Å². The van der Waals surface area contributed by atoms with Gasteiger partial charge in [0.2, 0.25) is 0 Å². The number of rotatable bonds is 3. The maximum Gasteiger partial charge on any atom is 0.335 e. The van der Waals surface area contributed by atoms with Gasteiger partial charge in [-0.1, -0.05) is 0 Å². The van der Waals surface area contributed by atoms with E-state index in [1.807, 2.05) is 6.07 Å². The van der Waals surface area contributed by atoms with Crippen LogP contribution >= 0.6 is 0 Å². The molecule has 0 aliphatic heterocycles. The van der Waals surface area contributed by atoms with Gasteiger partial charge in [-0.3, -0.25) is 0 Å². The first-order chi connectivity index (χ1) is 7.04. The van der Waals surface area contributed by atoms with Gasteiger partial charge < -0.3 is 10.2 Å². The van der Waals surface area contributed by atoms with Crippen molar-refractivity contribution >= 4 is 11.9 Å². The van der Waals surface area contributed by atoms with Crippen LogP contribution in [0.5, 0.6) is 0 Å². The van der Waals surface area contributed by atoms with Crippen molar-refractivity contribution in [3.63, 3.8) is 0 Å². The second-order valence-electron chi connectivity index (χ2n) is 2.86. The third-order valence-electron chi connectivity index (χ3n) is 1.77. The van der Waals surface area contributed by atoms with Crippen LogP contribution in [0.25, 0.3) is 0 Å². The lowest BCUT2D eigenvalue weighted by Crippen LogP contribution is -2.03. The Hall–Kier alpha value is -2.35. The summed E-state index contributed by atoms with van der Waals surface area (Å²) in [5.74, 6) is -2.42. The highest BCUT2D eigenvalue weighted by molar-refractivity contribution is 5.94. The molecule has 0 bridgehead atoms. The molecular weight excluding hydrogens is 198 g/mol. The number of carboxylic acid groups (broad SMARTS) is 2. The molecule has 0 fully saturated rings. The van der Waals surface area contributed by atoms with Gasteiger partial charge in [0.05, 0.1) is 23.6 Å².